The summed E-state index contributed by atoms with van der Waals surface area (Å²) in [5.74, 6) is 6.36. The number of nitrogen functional groups attached to an aromatic ring is 1. The Morgan fingerprint density at radius 2 is 1.94 bits per heavy atom. The second-order valence-corrected chi connectivity index (χ2v) is 4.12. The van der Waals surface area contributed by atoms with Crippen LogP contribution in [0.2, 0.25) is 0 Å². The molecule has 0 atom stereocenters. The van der Waals surface area contributed by atoms with E-state index in [0.717, 1.165) is 12.8 Å². The zero-order valence-corrected chi connectivity index (χ0v) is 9.35. The third-order valence-corrected chi connectivity index (χ3v) is 2.85. The molecular weight excluding hydrogens is 204 g/mol. The van der Waals surface area contributed by atoms with Crippen LogP contribution in [0.15, 0.2) is 12.4 Å². The molecule has 3 N–H and O–H groups in total. The fraction of sp³-hybridized carbons (Fsp3) is 0.636. The monoisotopic (exact) mass is 222 g/mol. The van der Waals surface area contributed by atoms with Gasteiger partial charge in [-0.2, -0.15) is 4.98 Å². The fourth-order valence-corrected chi connectivity index (χ4v) is 2.00. The van der Waals surface area contributed by atoms with Crippen LogP contribution >= 0.6 is 0 Å². The number of ether oxygens (including phenoxy) is 1. The molecule has 0 spiro atoms. The van der Waals surface area contributed by atoms with E-state index in [0.29, 0.717) is 11.7 Å². The molecule has 2 rings (SSSR count). The summed E-state index contributed by atoms with van der Waals surface area (Å²) in [6.07, 6.45) is 10.8. The van der Waals surface area contributed by atoms with Gasteiger partial charge in [0.05, 0.1) is 12.4 Å². The lowest BCUT2D eigenvalue weighted by Gasteiger charge is -2.15. The number of hydrogen-bond donors (Lipinski definition) is 2. The predicted octanol–water partition coefficient (Wildman–Crippen LogP) is 1.86. The van der Waals surface area contributed by atoms with Gasteiger partial charge in [-0.3, -0.25) is 4.98 Å². The van der Waals surface area contributed by atoms with Gasteiger partial charge in [-0.15, -0.1) is 0 Å². The summed E-state index contributed by atoms with van der Waals surface area (Å²) in [6.45, 7) is 0. The number of nitrogens with one attached hydrogen (secondary N) is 1. The van der Waals surface area contributed by atoms with E-state index in [-0.39, 0.29) is 6.10 Å². The van der Waals surface area contributed by atoms with Crippen molar-refractivity contribution in [2.75, 3.05) is 5.43 Å². The summed E-state index contributed by atoms with van der Waals surface area (Å²) in [5.41, 5.74) is 2.46. The Morgan fingerprint density at radius 3 is 2.62 bits per heavy atom. The molecule has 1 saturated carbocycles. The number of nitrogens with zero attached hydrogens (tertiary/aromatic N) is 2. The number of hydrazine groups is 1. The van der Waals surface area contributed by atoms with E-state index < -0.39 is 0 Å². The van der Waals surface area contributed by atoms with Crippen molar-refractivity contribution < 1.29 is 4.74 Å². The van der Waals surface area contributed by atoms with E-state index in [1.54, 1.807) is 12.4 Å². The predicted molar refractivity (Wildman–Crippen MR) is 62.0 cm³/mol. The highest BCUT2D eigenvalue weighted by Gasteiger charge is 2.14. The van der Waals surface area contributed by atoms with Crippen LogP contribution in [0.1, 0.15) is 38.5 Å². The zero-order chi connectivity index (χ0) is 11.2. The SMILES string of the molecule is NNc1cncc(OC2CCCCCC2)n1. The molecule has 1 fully saturated rings. The second-order valence-electron chi connectivity index (χ2n) is 4.12. The Morgan fingerprint density at radius 1 is 1.19 bits per heavy atom. The maximum Gasteiger partial charge on any atom is 0.234 e. The van der Waals surface area contributed by atoms with Gasteiger partial charge in [0.15, 0.2) is 5.82 Å². The molecule has 1 aliphatic rings. The third kappa shape index (κ3) is 3.06. The Labute approximate surface area is 95.4 Å². The van der Waals surface area contributed by atoms with Gasteiger partial charge in [-0.1, -0.05) is 12.8 Å². The van der Waals surface area contributed by atoms with Crippen LogP contribution in [0.3, 0.4) is 0 Å². The van der Waals surface area contributed by atoms with Gasteiger partial charge in [0, 0.05) is 0 Å². The van der Waals surface area contributed by atoms with E-state index in [1.807, 2.05) is 0 Å². The number of hydrogen-bond acceptors (Lipinski definition) is 5. The number of aromatic nitrogens is 2. The van der Waals surface area contributed by atoms with Crippen molar-refractivity contribution in [2.45, 2.75) is 44.6 Å². The Kier molecular flexibility index (Phi) is 3.93. The summed E-state index contributed by atoms with van der Waals surface area (Å²) in [5, 5.41) is 0. The second kappa shape index (κ2) is 5.65. The van der Waals surface area contributed by atoms with Gasteiger partial charge >= 0.3 is 0 Å². The van der Waals surface area contributed by atoms with Gasteiger partial charge in [-0.05, 0) is 25.7 Å². The maximum atomic E-state index is 5.81. The van der Waals surface area contributed by atoms with Crippen LogP contribution < -0.4 is 16.0 Å². The fourth-order valence-electron chi connectivity index (χ4n) is 2.00. The minimum atomic E-state index is 0.282. The first-order valence-electron chi connectivity index (χ1n) is 5.84. The lowest BCUT2D eigenvalue weighted by atomic mass is 10.1. The molecule has 5 nitrogen and oxygen atoms in total. The van der Waals surface area contributed by atoms with Crippen LogP contribution in [-0.2, 0) is 0 Å². The van der Waals surface area contributed by atoms with Crippen molar-refractivity contribution in [1.29, 1.82) is 0 Å². The van der Waals surface area contributed by atoms with Crippen LogP contribution in [0.4, 0.5) is 5.82 Å². The Balaban J connectivity index is 1.96. The highest BCUT2D eigenvalue weighted by atomic mass is 16.5. The molecule has 1 aromatic heterocycles. The summed E-state index contributed by atoms with van der Waals surface area (Å²) in [7, 11) is 0. The summed E-state index contributed by atoms with van der Waals surface area (Å²) < 4.78 is 5.81. The molecule has 5 heteroatoms. The van der Waals surface area contributed by atoms with E-state index in [2.05, 4.69) is 15.4 Å². The average Bonchev–Trinajstić information content (AvgIpc) is 2.58. The number of rotatable bonds is 3. The Bertz CT molecular complexity index is 324. The topological polar surface area (TPSA) is 73.1 Å². The molecule has 0 bridgehead atoms. The van der Waals surface area contributed by atoms with Gasteiger partial charge in [-0.25, -0.2) is 5.84 Å². The molecule has 88 valence electrons. The molecule has 0 amide bonds. The molecule has 0 aliphatic heterocycles. The first kappa shape index (κ1) is 11.1. The van der Waals surface area contributed by atoms with E-state index in [1.165, 1.54) is 25.7 Å². The van der Waals surface area contributed by atoms with Crippen molar-refractivity contribution in [2.24, 2.45) is 5.84 Å². The smallest absolute Gasteiger partial charge is 0.234 e. The molecule has 16 heavy (non-hydrogen) atoms. The lowest BCUT2D eigenvalue weighted by Crippen LogP contribution is -2.17. The zero-order valence-electron chi connectivity index (χ0n) is 9.35. The highest BCUT2D eigenvalue weighted by Crippen LogP contribution is 2.21. The molecular formula is C11H18N4O. The van der Waals surface area contributed by atoms with Gasteiger partial charge in [0.2, 0.25) is 5.88 Å². The minimum absolute atomic E-state index is 0.282. The molecule has 0 saturated heterocycles. The van der Waals surface area contributed by atoms with Crippen molar-refractivity contribution in [1.82, 2.24) is 9.97 Å². The van der Waals surface area contributed by atoms with Gasteiger partial charge in [0.1, 0.15) is 6.10 Å². The average molecular weight is 222 g/mol. The van der Waals surface area contributed by atoms with E-state index in [9.17, 15) is 0 Å². The molecule has 1 aromatic rings. The van der Waals surface area contributed by atoms with E-state index in [4.69, 9.17) is 10.6 Å². The summed E-state index contributed by atoms with van der Waals surface area (Å²) >= 11 is 0. The van der Waals surface area contributed by atoms with Gasteiger partial charge < -0.3 is 10.2 Å². The standard InChI is InChI=1S/C11H18N4O/c12-15-10-7-13-8-11(14-10)16-9-5-3-1-2-4-6-9/h7-9H,1-6,12H2,(H,14,15). The van der Waals surface area contributed by atoms with Crippen molar-refractivity contribution in [3.8, 4) is 5.88 Å². The van der Waals surface area contributed by atoms with Crippen LogP contribution in [0.25, 0.3) is 0 Å². The normalized spacial score (nSPS) is 17.8. The van der Waals surface area contributed by atoms with Crippen LogP contribution in [-0.4, -0.2) is 16.1 Å². The maximum absolute atomic E-state index is 5.81. The van der Waals surface area contributed by atoms with Gasteiger partial charge in [0.25, 0.3) is 0 Å². The first-order chi connectivity index (χ1) is 7.88. The molecule has 0 unspecified atom stereocenters. The summed E-state index contributed by atoms with van der Waals surface area (Å²) in [6, 6.07) is 0. The minimum Gasteiger partial charge on any atom is -0.473 e. The van der Waals surface area contributed by atoms with Crippen LogP contribution in [0.5, 0.6) is 5.88 Å². The van der Waals surface area contributed by atoms with Crippen LogP contribution in [0, 0.1) is 0 Å². The van der Waals surface area contributed by atoms with Crippen molar-refractivity contribution >= 4 is 5.82 Å². The molecule has 0 aromatic carbocycles. The van der Waals surface area contributed by atoms with Crippen molar-refractivity contribution in [3.05, 3.63) is 12.4 Å². The number of nitrogens with two attached hydrogens (primary N) is 1. The third-order valence-electron chi connectivity index (χ3n) is 2.85. The highest BCUT2D eigenvalue weighted by molar-refractivity contribution is 5.31. The summed E-state index contributed by atoms with van der Waals surface area (Å²) in [4.78, 5) is 8.21. The number of anilines is 1. The molecule has 1 aliphatic carbocycles. The first-order valence-corrected chi connectivity index (χ1v) is 5.84. The van der Waals surface area contributed by atoms with Crippen molar-refractivity contribution in [3.63, 3.8) is 0 Å². The molecule has 1 heterocycles. The largest absolute Gasteiger partial charge is 0.473 e. The van der Waals surface area contributed by atoms with E-state index >= 15 is 0 Å². The molecule has 0 radical (unpaired) electrons. The Hall–Kier alpha value is -1.36. The quantitative estimate of drug-likeness (QED) is 0.464. The lowest BCUT2D eigenvalue weighted by molar-refractivity contribution is 0.175.